The van der Waals surface area contributed by atoms with Gasteiger partial charge < -0.3 is 5.32 Å². The van der Waals surface area contributed by atoms with Gasteiger partial charge >= 0.3 is 0 Å². The summed E-state index contributed by atoms with van der Waals surface area (Å²) in [5.41, 5.74) is 2.20. The van der Waals surface area contributed by atoms with Gasteiger partial charge in [-0.1, -0.05) is 12.8 Å². The predicted octanol–water partition coefficient (Wildman–Crippen LogP) is 3.83. The molecule has 1 heterocycles. The number of amides is 2. The van der Waals surface area contributed by atoms with Crippen LogP contribution in [0.1, 0.15) is 41.6 Å². The first-order valence-corrected chi connectivity index (χ1v) is 8.64. The normalized spacial score (nSPS) is 14.7. The molecule has 0 saturated heterocycles. The van der Waals surface area contributed by atoms with E-state index in [2.05, 4.69) is 15.6 Å². The van der Waals surface area contributed by atoms with E-state index in [1.165, 1.54) is 11.3 Å². The third-order valence-corrected chi connectivity index (χ3v) is 4.81. The van der Waals surface area contributed by atoms with Gasteiger partial charge in [-0.15, -0.1) is 11.3 Å². The Morgan fingerprint density at radius 3 is 2.65 bits per heavy atom. The third-order valence-electron chi connectivity index (χ3n) is 4.13. The van der Waals surface area contributed by atoms with Crippen LogP contribution in [0, 0.1) is 12.8 Å². The summed E-state index contributed by atoms with van der Waals surface area (Å²) in [5.74, 6) is 0.0181. The topological polar surface area (TPSA) is 71.1 Å². The van der Waals surface area contributed by atoms with E-state index >= 15 is 0 Å². The van der Waals surface area contributed by atoms with Gasteiger partial charge in [0.1, 0.15) is 0 Å². The van der Waals surface area contributed by atoms with E-state index in [9.17, 15) is 9.59 Å². The molecule has 1 aromatic heterocycles. The van der Waals surface area contributed by atoms with Crippen molar-refractivity contribution in [1.29, 1.82) is 0 Å². The number of anilines is 2. The predicted molar refractivity (Wildman–Crippen MR) is 91.8 cm³/mol. The summed E-state index contributed by atoms with van der Waals surface area (Å²) >= 11 is 1.38. The Kier molecular flexibility index (Phi) is 4.71. The summed E-state index contributed by atoms with van der Waals surface area (Å²) in [6.45, 7) is 1.89. The first kappa shape index (κ1) is 15.7. The summed E-state index contributed by atoms with van der Waals surface area (Å²) in [7, 11) is 0. The van der Waals surface area contributed by atoms with Crippen molar-refractivity contribution in [2.45, 2.75) is 32.6 Å². The monoisotopic (exact) mass is 329 g/mol. The zero-order valence-electron chi connectivity index (χ0n) is 13.0. The van der Waals surface area contributed by atoms with Gasteiger partial charge in [0.15, 0.2) is 5.13 Å². The standard InChI is InChI=1S/C17H19N3O2S/c1-11-10-13(16(22)20-17-18-8-9-23-17)6-7-14(11)19-15(21)12-4-2-3-5-12/h6-10,12H,2-5H2,1H3,(H,19,21)(H,18,20,22). The number of hydrogen-bond donors (Lipinski definition) is 2. The highest BCUT2D eigenvalue weighted by atomic mass is 32.1. The van der Waals surface area contributed by atoms with Crippen LogP contribution in [0.2, 0.25) is 0 Å². The molecule has 1 aliphatic rings. The highest BCUT2D eigenvalue weighted by Crippen LogP contribution is 2.27. The van der Waals surface area contributed by atoms with Crippen molar-refractivity contribution >= 4 is 34.0 Å². The molecule has 3 rings (SSSR count). The number of benzene rings is 1. The van der Waals surface area contributed by atoms with Crippen LogP contribution in [0.15, 0.2) is 29.8 Å². The molecule has 2 N–H and O–H groups in total. The van der Waals surface area contributed by atoms with Gasteiger partial charge in [-0.2, -0.15) is 0 Å². The lowest BCUT2D eigenvalue weighted by Crippen LogP contribution is -2.21. The van der Waals surface area contributed by atoms with Gasteiger partial charge in [0.05, 0.1) is 0 Å². The minimum atomic E-state index is -0.197. The summed E-state index contributed by atoms with van der Waals surface area (Å²) in [6.07, 6.45) is 5.85. The average molecular weight is 329 g/mol. The van der Waals surface area contributed by atoms with Gasteiger partial charge in [0.25, 0.3) is 5.91 Å². The molecule has 6 heteroatoms. The molecular weight excluding hydrogens is 310 g/mol. The Labute approximate surface area is 139 Å². The van der Waals surface area contributed by atoms with Crippen molar-refractivity contribution in [2.75, 3.05) is 10.6 Å². The molecule has 0 atom stereocenters. The van der Waals surface area contributed by atoms with Gasteiger partial charge in [-0.25, -0.2) is 4.98 Å². The number of carbonyl (C=O) groups excluding carboxylic acids is 2. The molecule has 0 unspecified atom stereocenters. The Morgan fingerprint density at radius 2 is 2.00 bits per heavy atom. The summed E-state index contributed by atoms with van der Waals surface area (Å²) in [5, 5.41) is 8.12. The van der Waals surface area contributed by atoms with Crippen LogP contribution < -0.4 is 10.6 Å². The van der Waals surface area contributed by atoms with Crippen molar-refractivity contribution in [3.8, 4) is 0 Å². The van der Waals surface area contributed by atoms with E-state index in [0.29, 0.717) is 10.7 Å². The van der Waals surface area contributed by atoms with Crippen LogP contribution in [0.3, 0.4) is 0 Å². The minimum Gasteiger partial charge on any atom is -0.326 e. The van der Waals surface area contributed by atoms with E-state index in [-0.39, 0.29) is 17.7 Å². The Morgan fingerprint density at radius 1 is 1.22 bits per heavy atom. The van der Waals surface area contributed by atoms with Crippen LogP contribution >= 0.6 is 11.3 Å². The lowest BCUT2D eigenvalue weighted by Gasteiger charge is -2.13. The van der Waals surface area contributed by atoms with E-state index in [0.717, 1.165) is 36.9 Å². The second-order valence-corrected chi connectivity index (χ2v) is 6.69. The van der Waals surface area contributed by atoms with Crippen LogP contribution in [0.5, 0.6) is 0 Å². The molecule has 1 saturated carbocycles. The Balaban J connectivity index is 1.67. The molecule has 2 amide bonds. The summed E-state index contributed by atoms with van der Waals surface area (Å²) in [6, 6.07) is 5.30. The maximum atomic E-state index is 12.2. The van der Waals surface area contributed by atoms with Gasteiger partial charge in [-0.05, 0) is 43.5 Å². The van der Waals surface area contributed by atoms with E-state index in [1.807, 2.05) is 12.3 Å². The molecule has 1 aromatic carbocycles. The molecule has 120 valence electrons. The van der Waals surface area contributed by atoms with Crippen LogP contribution in [0.25, 0.3) is 0 Å². The number of carbonyl (C=O) groups is 2. The molecule has 5 nitrogen and oxygen atoms in total. The maximum Gasteiger partial charge on any atom is 0.257 e. The minimum absolute atomic E-state index is 0.0885. The van der Waals surface area contributed by atoms with Gasteiger partial charge in [0.2, 0.25) is 5.91 Å². The number of nitrogens with one attached hydrogen (secondary N) is 2. The molecular formula is C17H19N3O2S. The molecule has 0 radical (unpaired) electrons. The smallest absolute Gasteiger partial charge is 0.257 e. The quantitative estimate of drug-likeness (QED) is 0.895. The molecule has 0 aliphatic heterocycles. The fraction of sp³-hybridized carbons (Fsp3) is 0.353. The largest absolute Gasteiger partial charge is 0.326 e. The lowest BCUT2D eigenvalue weighted by atomic mass is 10.1. The van der Waals surface area contributed by atoms with E-state index < -0.39 is 0 Å². The third kappa shape index (κ3) is 3.76. The first-order chi connectivity index (χ1) is 11.1. The van der Waals surface area contributed by atoms with Crippen LogP contribution in [-0.4, -0.2) is 16.8 Å². The second-order valence-electron chi connectivity index (χ2n) is 5.79. The van der Waals surface area contributed by atoms with Gasteiger partial charge in [-0.3, -0.25) is 14.9 Å². The van der Waals surface area contributed by atoms with E-state index in [4.69, 9.17) is 0 Å². The SMILES string of the molecule is Cc1cc(C(=O)Nc2nccs2)ccc1NC(=O)C1CCCC1. The Hall–Kier alpha value is -2.21. The second kappa shape index (κ2) is 6.91. The number of nitrogens with zero attached hydrogens (tertiary/aromatic N) is 1. The van der Waals surface area contributed by atoms with E-state index in [1.54, 1.807) is 24.4 Å². The highest BCUT2D eigenvalue weighted by Gasteiger charge is 2.23. The number of aryl methyl sites for hydroxylation is 1. The Bertz CT molecular complexity index is 707. The maximum absolute atomic E-state index is 12.2. The van der Waals surface area contributed by atoms with Gasteiger partial charge in [0, 0.05) is 28.7 Å². The first-order valence-electron chi connectivity index (χ1n) is 7.76. The van der Waals surface area contributed by atoms with Crippen LogP contribution in [0.4, 0.5) is 10.8 Å². The van der Waals surface area contributed by atoms with Crippen molar-refractivity contribution in [2.24, 2.45) is 5.92 Å². The summed E-state index contributed by atoms with van der Waals surface area (Å²) in [4.78, 5) is 28.4. The fourth-order valence-electron chi connectivity index (χ4n) is 2.82. The average Bonchev–Trinajstić information content (AvgIpc) is 3.22. The number of thiazole rings is 1. The molecule has 1 fully saturated rings. The molecule has 1 aliphatic carbocycles. The number of hydrogen-bond acceptors (Lipinski definition) is 4. The van der Waals surface area contributed by atoms with Crippen molar-refractivity contribution in [3.05, 3.63) is 40.9 Å². The highest BCUT2D eigenvalue weighted by molar-refractivity contribution is 7.13. The molecule has 23 heavy (non-hydrogen) atoms. The summed E-state index contributed by atoms with van der Waals surface area (Å²) < 4.78 is 0. The van der Waals surface area contributed by atoms with Crippen molar-refractivity contribution < 1.29 is 9.59 Å². The zero-order valence-corrected chi connectivity index (χ0v) is 13.8. The number of rotatable bonds is 4. The lowest BCUT2D eigenvalue weighted by molar-refractivity contribution is -0.119. The van der Waals surface area contributed by atoms with Crippen molar-refractivity contribution in [1.82, 2.24) is 4.98 Å². The molecule has 0 spiro atoms. The molecule has 0 bridgehead atoms. The zero-order chi connectivity index (χ0) is 16.2. The van der Waals surface area contributed by atoms with Crippen LogP contribution in [-0.2, 0) is 4.79 Å². The molecule has 2 aromatic rings. The fourth-order valence-corrected chi connectivity index (χ4v) is 3.35. The number of aromatic nitrogens is 1. The van der Waals surface area contributed by atoms with Crippen molar-refractivity contribution in [3.63, 3.8) is 0 Å².